The van der Waals surface area contributed by atoms with Crippen molar-refractivity contribution in [2.75, 3.05) is 0 Å². The molecular formula is C18H21F2N3O2. The van der Waals surface area contributed by atoms with Gasteiger partial charge >= 0.3 is 12.6 Å². The van der Waals surface area contributed by atoms with Gasteiger partial charge in [-0.25, -0.2) is 4.79 Å². The van der Waals surface area contributed by atoms with Crippen LogP contribution in [0.4, 0.5) is 13.6 Å². The van der Waals surface area contributed by atoms with Gasteiger partial charge in [0.25, 0.3) is 0 Å². The summed E-state index contributed by atoms with van der Waals surface area (Å²) in [6, 6.07) is 11.2. The van der Waals surface area contributed by atoms with Crippen LogP contribution in [0.25, 0.3) is 0 Å². The van der Waals surface area contributed by atoms with Crippen molar-refractivity contribution in [1.82, 2.24) is 15.6 Å². The molecule has 0 spiro atoms. The van der Waals surface area contributed by atoms with Gasteiger partial charge in [-0.15, -0.1) is 0 Å². The molecule has 2 aromatic rings. The molecule has 5 nitrogen and oxygen atoms in total. The van der Waals surface area contributed by atoms with Crippen molar-refractivity contribution in [2.24, 2.45) is 5.92 Å². The third kappa shape index (κ3) is 5.70. The largest absolute Gasteiger partial charge is 0.434 e. The first-order valence-electron chi connectivity index (χ1n) is 7.95. The van der Waals surface area contributed by atoms with E-state index in [1.807, 2.05) is 26.0 Å². The van der Waals surface area contributed by atoms with Crippen molar-refractivity contribution in [1.29, 1.82) is 0 Å². The van der Waals surface area contributed by atoms with Crippen LogP contribution in [0.5, 0.6) is 5.75 Å². The number of urea groups is 1. The van der Waals surface area contributed by atoms with E-state index in [9.17, 15) is 13.6 Å². The maximum Gasteiger partial charge on any atom is 0.387 e. The Balaban J connectivity index is 1.98. The lowest BCUT2D eigenvalue weighted by Gasteiger charge is -2.22. The van der Waals surface area contributed by atoms with Crippen LogP contribution in [0, 0.1) is 5.92 Å². The number of benzene rings is 1. The molecule has 1 atom stereocenters. The van der Waals surface area contributed by atoms with Gasteiger partial charge in [0.15, 0.2) is 0 Å². The van der Waals surface area contributed by atoms with Gasteiger partial charge in [-0.1, -0.05) is 38.1 Å². The average Bonchev–Trinajstić information content (AvgIpc) is 2.59. The Morgan fingerprint density at radius 3 is 2.52 bits per heavy atom. The van der Waals surface area contributed by atoms with Gasteiger partial charge in [-0.05, 0) is 24.1 Å². The summed E-state index contributed by atoms with van der Waals surface area (Å²) in [5.41, 5.74) is 1.23. The average molecular weight is 349 g/mol. The summed E-state index contributed by atoms with van der Waals surface area (Å²) in [7, 11) is 0. The van der Waals surface area contributed by atoms with Crippen LogP contribution in [-0.4, -0.2) is 17.6 Å². The Morgan fingerprint density at radius 1 is 1.16 bits per heavy atom. The van der Waals surface area contributed by atoms with Crippen LogP contribution < -0.4 is 15.4 Å². The zero-order valence-corrected chi connectivity index (χ0v) is 14.1. The standard InChI is InChI=1S/C18H21F2N3O2/c1-12(2)16(14-8-5-6-10-21-14)23-18(24)22-11-13-7-3-4-9-15(13)25-17(19)20/h3-10,12,16-17H,11H2,1-2H3,(H2,22,23,24)/t16-/m0/s1. The van der Waals surface area contributed by atoms with Crippen molar-refractivity contribution in [3.8, 4) is 5.75 Å². The Hall–Kier alpha value is -2.70. The quantitative estimate of drug-likeness (QED) is 0.797. The molecule has 0 unspecified atom stereocenters. The van der Waals surface area contributed by atoms with Crippen molar-refractivity contribution in [3.63, 3.8) is 0 Å². The van der Waals surface area contributed by atoms with E-state index in [2.05, 4.69) is 20.4 Å². The number of halogens is 2. The third-order valence-corrected chi connectivity index (χ3v) is 3.59. The number of carbonyl (C=O) groups excluding carboxylic acids is 1. The maximum atomic E-state index is 12.4. The van der Waals surface area contributed by atoms with E-state index >= 15 is 0 Å². The summed E-state index contributed by atoms with van der Waals surface area (Å²) in [4.78, 5) is 16.5. The van der Waals surface area contributed by atoms with Gasteiger partial charge in [0, 0.05) is 18.3 Å². The molecule has 0 aliphatic heterocycles. The fraction of sp³-hybridized carbons (Fsp3) is 0.333. The third-order valence-electron chi connectivity index (χ3n) is 3.59. The van der Waals surface area contributed by atoms with E-state index < -0.39 is 12.6 Å². The topological polar surface area (TPSA) is 63.2 Å². The number of pyridine rings is 1. The number of nitrogens with zero attached hydrogens (tertiary/aromatic N) is 1. The first kappa shape index (κ1) is 18.6. The highest BCUT2D eigenvalue weighted by molar-refractivity contribution is 5.74. The normalized spacial score (nSPS) is 12.1. The molecule has 25 heavy (non-hydrogen) atoms. The molecule has 0 bridgehead atoms. The highest BCUT2D eigenvalue weighted by Gasteiger charge is 2.19. The van der Waals surface area contributed by atoms with Gasteiger partial charge in [-0.3, -0.25) is 4.98 Å². The minimum Gasteiger partial charge on any atom is -0.434 e. The van der Waals surface area contributed by atoms with E-state index in [4.69, 9.17) is 0 Å². The van der Waals surface area contributed by atoms with Crippen LogP contribution in [-0.2, 0) is 6.54 Å². The van der Waals surface area contributed by atoms with E-state index in [0.29, 0.717) is 5.56 Å². The Kier molecular flexibility index (Phi) is 6.68. The van der Waals surface area contributed by atoms with Crippen LogP contribution in [0.3, 0.4) is 0 Å². The number of para-hydroxylation sites is 1. The van der Waals surface area contributed by atoms with Gasteiger partial charge in [0.05, 0.1) is 11.7 Å². The predicted molar refractivity (Wildman–Crippen MR) is 90.3 cm³/mol. The minimum absolute atomic E-state index is 0.0444. The summed E-state index contributed by atoms with van der Waals surface area (Å²) in [6.07, 6.45) is 1.67. The van der Waals surface area contributed by atoms with Crippen LogP contribution in [0.1, 0.15) is 31.1 Å². The zero-order chi connectivity index (χ0) is 18.2. The number of carbonyl (C=O) groups is 1. The minimum atomic E-state index is -2.91. The highest BCUT2D eigenvalue weighted by atomic mass is 19.3. The first-order valence-corrected chi connectivity index (χ1v) is 7.95. The molecule has 7 heteroatoms. The van der Waals surface area contributed by atoms with E-state index in [1.165, 1.54) is 6.07 Å². The smallest absolute Gasteiger partial charge is 0.387 e. The number of amides is 2. The van der Waals surface area contributed by atoms with Gasteiger partial charge < -0.3 is 15.4 Å². The number of rotatable bonds is 7. The number of alkyl halides is 2. The SMILES string of the molecule is CC(C)[C@H](NC(=O)NCc1ccccc1OC(F)F)c1ccccn1. The number of hydrogen-bond donors (Lipinski definition) is 2. The van der Waals surface area contributed by atoms with E-state index in [1.54, 1.807) is 30.5 Å². The molecule has 1 heterocycles. The highest BCUT2D eigenvalue weighted by Crippen LogP contribution is 2.21. The van der Waals surface area contributed by atoms with Crippen molar-refractivity contribution >= 4 is 6.03 Å². The van der Waals surface area contributed by atoms with Gasteiger partial charge in [0.2, 0.25) is 0 Å². The molecular weight excluding hydrogens is 328 g/mol. The van der Waals surface area contributed by atoms with Crippen LogP contribution >= 0.6 is 0 Å². The molecule has 0 radical (unpaired) electrons. The molecule has 1 aromatic heterocycles. The molecule has 0 saturated carbocycles. The summed E-state index contributed by atoms with van der Waals surface area (Å²) in [5.74, 6) is 0.179. The predicted octanol–water partition coefficient (Wildman–Crippen LogP) is 3.88. The lowest BCUT2D eigenvalue weighted by Crippen LogP contribution is -2.39. The Labute approximate surface area is 145 Å². The monoisotopic (exact) mass is 349 g/mol. The molecule has 2 rings (SSSR count). The molecule has 0 fully saturated rings. The number of nitrogens with one attached hydrogen (secondary N) is 2. The maximum absolute atomic E-state index is 12.4. The molecule has 134 valence electrons. The van der Waals surface area contributed by atoms with E-state index in [0.717, 1.165) is 5.69 Å². The second-order valence-corrected chi connectivity index (χ2v) is 5.79. The summed E-state index contributed by atoms with van der Waals surface area (Å²) in [5, 5.41) is 5.53. The molecule has 2 N–H and O–H groups in total. The molecule has 0 saturated heterocycles. The van der Waals surface area contributed by atoms with Crippen LogP contribution in [0.2, 0.25) is 0 Å². The van der Waals surface area contributed by atoms with E-state index in [-0.39, 0.29) is 24.3 Å². The summed E-state index contributed by atoms with van der Waals surface area (Å²) in [6.45, 7) is 1.11. The number of hydrogen-bond acceptors (Lipinski definition) is 3. The fourth-order valence-electron chi connectivity index (χ4n) is 2.37. The van der Waals surface area contributed by atoms with Crippen LogP contribution in [0.15, 0.2) is 48.7 Å². The molecule has 1 aromatic carbocycles. The first-order chi connectivity index (χ1) is 12.0. The van der Waals surface area contributed by atoms with Crippen molar-refractivity contribution in [2.45, 2.75) is 33.0 Å². The second-order valence-electron chi connectivity index (χ2n) is 5.79. The lowest BCUT2D eigenvalue weighted by molar-refractivity contribution is -0.0504. The van der Waals surface area contributed by atoms with Gasteiger partial charge in [-0.2, -0.15) is 8.78 Å². The van der Waals surface area contributed by atoms with Crippen molar-refractivity contribution < 1.29 is 18.3 Å². The summed E-state index contributed by atoms with van der Waals surface area (Å²) < 4.78 is 29.3. The van der Waals surface area contributed by atoms with Crippen molar-refractivity contribution in [3.05, 3.63) is 59.9 Å². The number of ether oxygens (including phenoxy) is 1. The van der Waals surface area contributed by atoms with Gasteiger partial charge in [0.1, 0.15) is 5.75 Å². The number of aromatic nitrogens is 1. The Bertz CT molecular complexity index is 681. The fourth-order valence-corrected chi connectivity index (χ4v) is 2.37. The Morgan fingerprint density at radius 2 is 1.88 bits per heavy atom. The zero-order valence-electron chi connectivity index (χ0n) is 14.1. The summed E-state index contributed by atoms with van der Waals surface area (Å²) >= 11 is 0. The second kappa shape index (κ2) is 8.96. The molecule has 0 aliphatic rings. The lowest BCUT2D eigenvalue weighted by atomic mass is 10.0. The molecule has 2 amide bonds. The molecule has 0 aliphatic carbocycles.